The van der Waals surface area contributed by atoms with Crippen LogP contribution in [0.1, 0.15) is 72.1 Å². The lowest BCUT2D eigenvalue weighted by Gasteiger charge is -2.59. The highest BCUT2D eigenvalue weighted by molar-refractivity contribution is 5.95. The molecule has 5 rings (SSSR count). The van der Waals surface area contributed by atoms with Gasteiger partial charge in [-0.25, -0.2) is 0 Å². The molecular weight excluding hydrogens is 432 g/mol. The minimum atomic E-state index is -1.06. The Bertz CT molecular complexity index is 882. The molecule has 0 aromatic carbocycles. The highest BCUT2D eigenvalue weighted by Gasteiger charge is 2.66. The summed E-state index contributed by atoms with van der Waals surface area (Å²) in [4.78, 5) is 21.4. The Morgan fingerprint density at radius 3 is 2.62 bits per heavy atom. The van der Waals surface area contributed by atoms with Crippen molar-refractivity contribution in [3.63, 3.8) is 0 Å². The van der Waals surface area contributed by atoms with Crippen molar-refractivity contribution in [1.82, 2.24) is 4.90 Å². The van der Waals surface area contributed by atoms with Crippen molar-refractivity contribution in [1.29, 1.82) is 0 Å². The average molecular weight is 475 g/mol. The largest absolute Gasteiger partial charge is 0.394 e. The molecule has 0 amide bonds. The molecule has 1 heterocycles. The van der Waals surface area contributed by atoms with Gasteiger partial charge in [0.05, 0.1) is 23.5 Å². The van der Waals surface area contributed by atoms with E-state index in [2.05, 4.69) is 23.9 Å². The zero-order valence-electron chi connectivity index (χ0n) is 21.0. The van der Waals surface area contributed by atoms with Gasteiger partial charge in [0, 0.05) is 23.8 Å². The van der Waals surface area contributed by atoms with Crippen molar-refractivity contribution < 1.29 is 25.0 Å². The number of nitrogens with zero attached hydrogens (tertiary/aromatic N) is 2. The number of carbonyl (C=O) groups is 1. The first-order valence-corrected chi connectivity index (χ1v) is 13.3. The number of carbonyl (C=O) groups excluding carboxylic acids is 1. The van der Waals surface area contributed by atoms with E-state index in [9.17, 15) is 20.1 Å². The molecule has 190 valence electrons. The van der Waals surface area contributed by atoms with Crippen molar-refractivity contribution in [3.8, 4) is 0 Å². The Hall–Kier alpha value is -1.28. The Morgan fingerprint density at radius 1 is 1.15 bits per heavy atom. The maximum absolute atomic E-state index is 13.2. The van der Waals surface area contributed by atoms with E-state index in [1.54, 1.807) is 6.08 Å². The summed E-state index contributed by atoms with van der Waals surface area (Å²) in [6, 6.07) is 0. The summed E-state index contributed by atoms with van der Waals surface area (Å²) in [5.41, 5.74) is -0.105. The molecule has 4 aliphatic carbocycles. The van der Waals surface area contributed by atoms with Gasteiger partial charge in [-0.2, -0.15) is 0 Å². The van der Waals surface area contributed by atoms with E-state index in [4.69, 9.17) is 4.84 Å². The van der Waals surface area contributed by atoms with Gasteiger partial charge in [-0.3, -0.25) is 9.69 Å². The summed E-state index contributed by atoms with van der Waals surface area (Å²) >= 11 is 0. The van der Waals surface area contributed by atoms with E-state index in [1.807, 2.05) is 6.92 Å². The van der Waals surface area contributed by atoms with Gasteiger partial charge in [-0.05, 0) is 94.4 Å². The third kappa shape index (κ3) is 3.61. The Balaban J connectivity index is 1.36. The van der Waals surface area contributed by atoms with E-state index in [0.29, 0.717) is 25.9 Å². The fourth-order valence-corrected chi connectivity index (χ4v) is 8.43. The first kappa shape index (κ1) is 24.4. The third-order valence-electron chi connectivity index (χ3n) is 10.5. The zero-order chi connectivity index (χ0) is 24.3. The first-order valence-electron chi connectivity index (χ1n) is 13.3. The molecule has 7 heteroatoms. The normalized spacial score (nSPS) is 47.1. The van der Waals surface area contributed by atoms with Gasteiger partial charge < -0.3 is 20.2 Å². The lowest BCUT2D eigenvalue weighted by atomic mass is 9.46. The molecular formula is C27H42N2O5. The van der Waals surface area contributed by atoms with Gasteiger partial charge in [0.2, 0.25) is 0 Å². The summed E-state index contributed by atoms with van der Waals surface area (Å²) in [6.07, 6.45) is 6.39. The van der Waals surface area contributed by atoms with Crippen LogP contribution < -0.4 is 0 Å². The van der Waals surface area contributed by atoms with Gasteiger partial charge in [0.1, 0.15) is 6.61 Å². The average Bonchev–Trinajstić information content (AvgIpc) is 3.39. The maximum Gasteiger partial charge on any atom is 0.159 e. The molecule has 5 aliphatic rings. The molecule has 1 aliphatic heterocycles. The number of hydrogen-bond acceptors (Lipinski definition) is 7. The number of aliphatic hydroxyl groups is 3. The van der Waals surface area contributed by atoms with Gasteiger partial charge in [0.25, 0.3) is 0 Å². The lowest BCUT2D eigenvalue weighted by Crippen LogP contribution is -2.60. The number of fused-ring (bicyclic) bond motifs is 5. The van der Waals surface area contributed by atoms with Gasteiger partial charge in [-0.15, -0.1) is 0 Å². The molecule has 3 saturated carbocycles. The Kier molecular flexibility index (Phi) is 6.23. The number of aliphatic hydroxyl groups excluding tert-OH is 2. The van der Waals surface area contributed by atoms with Crippen LogP contribution in [0, 0.1) is 28.6 Å². The van der Waals surface area contributed by atoms with E-state index in [0.717, 1.165) is 50.2 Å². The van der Waals surface area contributed by atoms with E-state index >= 15 is 0 Å². The second-order valence-electron chi connectivity index (χ2n) is 12.2. The smallest absolute Gasteiger partial charge is 0.159 e. The SMILES string of the molecule is CC(=NOCCN1CCCC1)C1CCC2(O)C3=CC(=O)C4CC(O)C(O)CC4(C)C3CCC12C. The van der Waals surface area contributed by atoms with Crippen LogP contribution in [-0.2, 0) is 9.63 Å². The molecule has 3 N–H and O–H groups in total. The molecule has 8 unspecified atom stereocenters. The molecule has 0 aromatic rings. The molecule has 0 bridgehead atoms. The number of rotatable bonds is 5. The monoisotopic (exact) mass is 474 g/mol. The summed E-state index contributed by atoms with van der Waals surface area (Å²) in [5.74, 6) is -0.151. The molecule has 0 radical (unpaired) electrons. The molecule has 34 heavy (non-hydrogen) atoms. The first-order chi connectivity index (χ1) is 16.1. The summed E-state index contributed by atoms with van der Waals surface area (Å²) < 4.78 is 0. The molecule has 0 spiro atoms. The molecule has 0 aromatic heterocycles. The number of oxime groups is 1. The predicted octanol–water partition coefficient (Wildman–Crippen LogP) is 2.68. The molecule has 4 fully saturated rings. The number of hydrogen-bond donors (Lipinski definition) is 3. The fraction of sp³-hybridized carbons (Fsp3) is 0.852. The Labute approximate surface area is 203 Å². The molecule has 1 saturated heterocycles. The minimum Gasteiger partial charge on any atom is -0.394 e. The van der Waals surface area contributed by atoms with Gasteiger partial charge in [-0.1, -0.05) is 19.0 Å². The second kappa shape index (κ2) is 8.68. The minimum absolute atomic E-state index is 0.00328. The quantitative estimate of drug-likeness (QED) is 0.322. The van der Waals surface area contributed by atoms with Crippen molar-refractivity contribution >= 4 is 11.5 Å². The summed E-state index contributed by atoms with van der Waals surface area (Å²) in [6.45, 7) is 10.0. The molecule has 8 atom stereocenters. The fourth-order valence-electron chi connectivity index (χ4n) is 8.43. The summed E-state index contributed by atoms with van der Waals surface area (Å²) in [7, 11) is 0. The van der Waals surface area contributed by atoms with Crippen LogP contribution >= 0.6 is 0 Å². The third-order valence-corrected chi connectivity index (χ3v) is 10.5. The van der Waals surface area contributed by atoms with Crippen LogP contribution in [0.5, 0.6) is 0 Å². The van der Waals surface area contributed by atoms with Crippen LogP contribution in [0.25, 0.3) is 0 Å². The van der Waals surface area contributed by atoms with E-state index < -0.39 is 28.6 Å². The van der Waals surface area contributed by atoms with Crippen molar-refractivity contribution in [2.45, 2.75) is 89.9 Å². The van der Waals surface area contributed by atoms with E-state index in [-0.39, 0.29) is 23.5 Å². The highest BCUT2D eigenvalue weighted by atomic mass is 16.6. The second-order valence-corrected chi connectivity index (χ2v) is 12.2. The van der Waals surface area contributed by atoms with Crippen LogP contribution in [0.15, 0.2) is 16.8 Å². The van der Waals surface area contributed by atoms with Crippen LogP contribution in [0.2, 0.25) is 0 Å². The van der Waals surface area contributed by atoms with Crippen LogP contribution in [0.4, 0.5) is 0 Å². The number of likely N-dealkylation sites (tertiary alicyclic amines) is 1. The van der Waals surface area contributed by atoms with Gasteiger partial charge >= 0.3 is 0 Å². The van der Waals surface area contributed by atoms with Crippen molar-refractivity contribution in [2.75, 3.05) is 26.2 Å². The van der Waals surface area contributed by atoms with Crippen LogP contribution in [0.3, 0.4) is 0 Å². The van der Waals surface area contributed by atoms with Gasteiger partial charge in [0.15, 0.2) is 5.78 Å². The maximum atomic E-state index is 13.2. The zero-order valence-corrected chi connectivity index (χ0v) is 21.0. The number of ketones is 1. The number of allylic oxidation sites excluding steroid dienone is 1. The standard InChI is InChI=1S/C27H42N2O5/c1-17(28-34-13-12-29-10-4-5-11-29)18-7-9-27(33)20-14-22(30)21-15-23(31)24(32)16-25(21,2)19(20)6-8-26(18,27)3/h14,18-19,21,23-24,31-33H,4-13,15-16H2,1-3H3. The predicted molar refractivity (Wildman–Crippen MR) is 129 cm³/mol. The Morgan fingerprint density at radius 2 is 1.88 bits per heavy atom. The summed E-state index contributed by atoms with van der Waals surface area (Å²) in [5, 5.41) is 37.4. The lowest BCUT2D eigenvalue weighted by molar-refractivity contribution is -0.151. The van der Waals surface area contributed by atoms with Crippen LogP contribution in [-0.4, -0.2) is 75.8 Å². The molecule has 7 nitrogen and oxygen atoms in total. The van der Waals surface area contributed by atoms with E-state index in [1.165, 1.54) is 12.8 Å². The van der Waals surface area contributed by atoms with Crippen molar-refractivity contribution in [2.24, 2.45) is 33.7 Å². The van der Waals surface area contributed by atoms with Crippen molar-refractivity contribution in [3.05, 3.63) is 11.6 Å². The highest BCUT2D eigenvalue weighted by Crippen LogP contribution is 2.67. The topological polar surface area (TPSA) is 103 Å².